The summed E-state index contributed by atoms with van der Waals surface area (Å²) in [6.45, 7) is 0. The standard InChI is InChI=1S/C17H17FN4O3/c1-21-13-6-4-11(9-14(13)22(2)17(21)24)20-16(23)19-10-5-7-15(25-3)12(18)8-10/h4-9H,1-3H3,(H2,19,20,23). The molecule has 0 aliphatic rings. The highest BCUT2D eigenvalue weighted by Crippen LogP contribution is 2.21. The summed E-state index contributed by atoms with van der Waals surface area (Å²) in [4.78, 5) is 24.0. The smallest absolute Gasteiger partial charge is 0.328 e. The number of amides is 2. The number of methoxy groups -OCH3 is 1. The van der Waals surface area contributed by atoms with Crippen LogP contribution in [0.4, 0.5) is 20.6 Å². The number of aryl methyl sites for hydroxylation is 2. The Hall–Kier alpha value is -3.29. The summed E-state index contributed by atoms with van der Waals surface area (Å²) in [6.07, 6.45) is 0. The largest absolute Gasteiger partial charge is 0.494 e. The summed E-state index contributed by atoms with van der Waals surface area (Å²) in [5, 5.41) is 5.20. The molecule has 1 aromatic heterocycles. The Kier molecular flexibility index (Phi) is 4.18. The summed E-state index contributed by atoms with van der Waals surface area (Å²) >= 11 is 0. The lowest BCUT2D eigenvalue weighted by Crippen LogP contribution is -2.19. The molecule has 3 rings (SSSR count). The number of aromatic nitrogens is 2. The topological polar surface area (TPSA) is 77.3 Å². The maximum atomic E-state index is 13.7. The van der Waals surface area contributed by atoms with Crippen LogP contribution in [0.5, 0.6) is 5.75 Å². The lowest BCUT2D eigenvalue weighted by Gasteiger charge is -2.09. The Morgan fingerprint density at radius 3 is 2.24 bits per heavy atom. The molecule has 0 saturated heterocycles. The molecule has 0 bridgehead atoms. The first-order valence-corrected chi connectivity index (χ1v) is 7.47. The van der Waals surface area contributed by atoms with E-state index < -0.39 is 11.8 Å². The molecule has 0 atom stereocenters. The van der Waals surface area contributed by atoms with Crippen molar-refractivity contribution < 1.29 is 13.9 Å². The predicted molar refractivity (Wildman–Crippen MR) is 93.8 cm³/mol. The minimum absolute atomic E-state index is 0.0985. The van der Waals surface area contributed by atoms with E-state index in [-0.39, 0.29) is 11.4 Å². The zero-order chi connectivity index (χ0) is 18.1. The van der Waals surface area contributed by atoms with Crippen LogP contribution in [0.25, 0.3) is 11.0 Å². The number of benzene rings is 2. The maximum absolute atomic E-state index is 13.7. The number of imidazole rings is 1. The first kappa shape index (κ1) is 16.6. The van der Waals surface area contributed by atoms with Gasteiger partial charge in [-0.3, -0.25) is 9.13 Å². The molecule has 130 valence electrons. The number of carbonyl (C=O) groups is 1. The van der Waals surface area contributed by atoms with Gasteiger partial charge in [0.15, 0.2) is 11.6 Å². The quantitative estimate of drug-likeness (QED) is 0.767. The van der Waals surface area contributed by atoms with Crippen molar-refractivity contribution >= 4 is 28.4 Å². The summed E-state index contributed by atoms with van der Waals surface area (Å²) in [5.41, 5.74) is 2.12. The van der Waals surface area contributed by atoms with Gasteiger partial charge < -0.3 is 15.4 Å². The zero-order valence-corrected chi connectivity index (χ0v) is 14.0. The molecule has 0 aliphatic heterocycles. The molecular formula is C17H17FN4O3. The van der Waals surface area contributed by atoms with Crippen LogP contribution in [-0.2, 0) is 14.1 Å². The van der Waals surface area contributed by atoms with E-state index in [1.807, 2.05) is 0 Å². The van der Waals surface area contributed by atoms with Gasteiger partial charge in [-0.2, -0.15) is 0 Å². The minimum Gasteiger partial charge on any atom is -0.494 e. The fraction of sp³-hybridized carbons (Fsp3) is 0.176. The number of carbonyl (C=O) groups excluding carboxylic acids is 1. The minimum atomic E-state index is -0.569. The van der Waals surface area contributed by atoms with Crippen molar-refractivity contribution in [3.05, 3.63) is 52.7 Å². The molecule has 2 aromatic carbocycles. The van der Waals surface area contributed by atoms with Crippen molar-refractivity contribution in [1.29, 1.82) is 0 Å². The molecule has 1 heterocycles. The van der Waals surface area contributed by atoms with E-state index in [1.165, 1.54) is 34.4 Å². The number of hydrogen-bond donors (Lipinski definition) is 2. The van der Waals surface area contributed by atoms with Crippen LogP contribution in [0.15, 0.2) is 41.2 Å². The summed E-state index contributed by atoms with van der Waals surface area (Å²) < 4.78 is 21.5. The first-order chi connectivity index (χ1) is 11.9. The Morgan fingerprint density at radius 2 is 1.60 bits per heavy atom. The molecule has 2 N–H and O–H groups in total. The molecule has 0 fully saturated rings. The lowest BCUT2D eigenvalue weighted by atomic mass is 10.2. The van der Waals surface area contributed by atoms with E-state index in [9.17, 15) is 14.0 Å². The summed E-state index contributed by atoms with van der Waals surface area (Å²) in [7, 11) is 4.71. The van der Waals surface area contributed by atoms with E-state index in [2.05, 4.69) is 10.6 Å². The second-order valence-electron chi connectivity index (χ2n) is 5.53. The molecule has 0 saturated carbocycles. The molecule has 8 heteroatoms. The third-order valence-corrected chi connectivity index (χ3v) is 3.94. The number of nitrogens with zero attached hydrogens (tertiary/aromatic N) is 2. The summed E-state index contributed by atoms with van der Waals surface area (Å²) in [5.74, 6) is -0.470. The summed E-state index contributed by atoms with van der Waals surface area (Å²) in [6, 6.07) is 8.75. The molecule has 25 heavy (non-hydrogen) atoms. The zero-order valence-electron chi connectivity index (χ0n) is 14.0. The Labute approximate surface area is 142 Å². The molecule has 7 nitrogen and oxygen atoms in total. The van der Waals surface area contributed by atoms with Gasteiger partial charge in [0.1, 0.15) is 0 Å². The normalized spacial score (nSPS) is 10.7. The second kappa shape index (κ2) is 6.31. The van der Waals surface area contributed by atoms with Crippen molar-refractivity contribution in [2.45, 2.75) is 0 Å². The number of rotatable bonds is 3. The highest BCUT2D eigenvalue weighted by molar-refractivity contribution is 6.00. The van der Waals surface area contributed by atoms with Crippen molar-refractivity contribution in [2.75, 3.05) is 17.7 Å². The van der Waals surface area contributed by atoms with Crippen LogP contribution >= 0.6 is 0 Å². The number of ether oxygens (including phenoxy) is 1. The monoisotopic (exact) mass is 344 g/mol. The molecule has 0 radical (unpaired) electrons. The molecular weight excluding hydrogens is 327 g/mol. The van der Waals surface area contributed by atoms with Gasteiger partial charge in [-0.1, -0.05) is 0 Å². The maximum Gasteiger partial charge on any atom is 0.328 e. The van der Waals surface area contributed by atoms with Gasteiger partial charge in [0.05, 0.1) is 18.1 Å². The van der Waals surface area contributed by atoms with Crippen molar-refractivity contribution in [3.8, 4) is 5.75 Å². The van der Waals surface area contributed by atoms with Crippen molar-refractivity contribution in [3.63, 3.8) is 0 Å². The van der Waals surface area contributed by atoms with E-state index in [0.717, 1.165) is 5.52 Å². The number of fused-ring (bicyclic) bond motifs is 1. The van der Waals surface area contributed by atoms with Gasteiger partial charge in [-0.05, 0) is 30.3 Å². The fourth-order valence-electron chi connectivity index (χ4n) is 2.62. The Bertz CT molecular complexity index is 1020. The average molecular weight is 344 g/mol. The van der Waals surface area contributed by atoms with E-state index in [0.29, 0.717) is 16.9 Å². The number of nitrogens with one attached hydrogen (secondary N) is 2. The number of urea groups is 1. The van der Waals surface area contributed by atoms with E-state index >= 15 is 0 Å². The molecule has 0 aliphatic carbocycles. The van der Waals surface area contributed by atoms with Gasteiger partial charge in [-0.15, -0.1) is 0 Å². The highest BCUT2D eigenvalue weighted by atomic mass is 19.1. The fourth-order valence-corrected chi connectivity index (χ4v) is 2.62. The SMILES string of the molecule is COc1ccc(NC(=O)Nc2ccc3c(c2)n(C)c(=O)n3C)cc1F. The molecule has 2 amide bonds. The highest BCUT2D eigenvalue weighted by Gasteiger charge is 2.10. The van der Waals surface area contributed by atoms with Gasteiger partial charge in [0, 0.05) is 31.5 Å². The average Bonchev–Trinajstić information content (AvgIpc) is 2.79. The van der Waals surface area contributed by atoms with E-state index in [1.54, 1.807) is 32.3 Å². The van der Waals surface area contributed by atoms with Gasteiger partial charge in [0.25, 0.3) is 0 Å². The van der Waals surface area contributed by atoms with Crippen molar-refractivity contribution in [2.24, 2.45) is 14.1 Å². The van der Waals surface area contributed by atoms with Gasteiger partial charge in [0.2, 0.25) is 0 Å². The van der Waals surface area contributed by atoms with Crippen LogP contribution in [0, 0.1) is 5.82 Å². The third kappa shape index (κ3) is 3.06. The van der Waals surface area contributed by atoms with Crippen LogP contribution in [-0.4, -0.2) is 22.3 Å². The van der Waals surface area contributed by atoms with Gasteiger partial charge >= 0.3 is 11.7 Å². The first-order valence-electron chi connectivity index (χ1n) is 7.47. The number of hydrogen-bond acceptors (Lipinski definition) is 3. The van der Waals surface area contributed by atoms with Gasteiger partial charge in [-0.25, -0.2) is 14.0 Å². The van der Waals surface area contributed by atoms with E-state index in [4.69, 9.17) is 4.74 Å². The third-order valence-electron chi connectivity index (χ3n) is 3.94. The molecule has 0 unspecified atom stereocenters. The van der Waals surface area contributed by atoms with Crippen molar-refractivity contribution in [1.82, 2.24) is 9.13 Å². The molecule has 3 aromatic rings. The lowest BCUT2D eigenvalue weighted by molar-refractivity contribution is 0.262. The van der Waals surface area contributed by atoms with Crippen LogP contribution in [0.2, 0.25) is 0 Å². The van der Waals surface area contributed by atoms with Crippen LogP contribution < -0.4 is 21.1 Å². The Morgan fingerprint density at radius 1 is 1.00 bits per heavy atom. The van der Waals surface area contributed by atoms with Crippen LogP contribution in [0.1, 0.15) is 0 Å². The second-order valence-corrected chi connectivity index (χ2v) is 5.53. The number of anilines is 2. The molecule has 0 spiro atoms. The number of halogens is 1. The predicted octanol–water partition coefficient (Wildman–Crippen LogP) is 2.67. The van der Waals surface area contributed by atoms with Crippen LogP contribution in [0.3, 0.4) is 0 Å². The Balaban J connectivity index is 1.79.